The first-order valence-electron chi connectivity index (χ1n) is 7.71. The van der Waals surface area contributed by atoms with Gasteiger partial charge in [-0.15, -0.1) is 0 Å². The second-order valence-electron chi connectivity index (χ2n) is 5.92. The molecule has 128 valence electrons. The number of carbonyl (C=O) groups excluding carboxylic acids is 3. The van der Waals surface area contributed by atoms with Gasteiger partial charge in [-0.05, 0) is 49.8 Å². The highest BCUT2D eigenvalue weighted by molar-refractivity contribution is 9.10. The fourth-order valence-corrected chi connectivity index (χ4v) is 2.90. The third-order valence-corrected chi connectivity index (χ3v) is 4.31. The lowest BCUT2D eigenvalue weighted by atomic mass is 10.1. The maximum absolute atomic E-state index is 12.8. The number of hydrogen-bond donors (Lipinski definition) is 1. The summed E-state index contributed by atoms with van der Waals surface area (Å²) in [5.74, 6) is -1.34. The molecule has 1 fully saturated rings. The van der Waals surface area contributed by atoms with Crippen LogP contribution in [0, 0.1) is 0 Å². The van der Waals surface area contributed by atoms with Crippen molar-refractivity contribution in [2.75, 3.05) is 4.90 Å². The summed E-state index contributed by atoms with van der Waals surface area (Å²) in [6, 6.07) is 8.08. The SMILES string of the molecule is CC(C)n1ccc(/C=C2/C(=O)NC(=O)N(c3cccc(Br)c3)C2=O)c1. The van der Waals surface area contributed by atoms with Gasteiger partial charge in [0, 0.05) is 22.9 Å². The van der Waals surface area contributed by atoms with Crippen LogP contribution in [0.5, 0.6) is 0 Å². The number of urea groups is 1. The molecule has 7 heteroatoms. The topological polar surface area (TPSA) is 71.4 Å². The van der Waals surface area contributed by atoms with Gasteiger partial charge in [-0.25, -0.2) is 9.69 Å². The third kappa shape index (κ3) is 3.41. The van der Waals surface area contributed by atoms with Crippen molar-refractivity contribution >= 4 is 45.5 Å². The molecule has 6 nitrogen and oxygen atoms in total. The zero-order valence-electron chi connectivity index (χ0n) is 13.7. The second-order valence-corrected chi connectivity index (χ2v) is 6.84. The van der Waals surface area contributed by atoms with E-state index in [4.69, 9.17) is 0 Å². The summed E-state index contributed by atoms with van der Waals surface area (Å²) < 4.78 is 2.69. The van der Waals surface area contributed by atoms with Crippen molar-refractivity contribution < 1.29 is 14.4 Å². The van der Waals surface area contributed by atoms with Crippen molar-refractivity contribution in [2.45, 2.75) is 19.9 Å². The van der Waals surface area contributed by atoms with Gasteiger partial charge in [-0.2, -0.15) is 0 Å². The molecule has 2 heterocycles. The highest BCUT2D eigenvalue weighted by Gasteiger charge is 2.36. The Labute approximate surface area is 153 Å². The fourth-order valence-electron chi connectivity index (χ4n) is 2.51. The molecule has 0 bridgehead atoms. The summed E-state index contributed by atoms with van der Waals surface area (Å²) in [5.41, 5.74) is 1.02. The number of benzene rings is 1. The molecule has 0 atom stereocenters. The summed E-state index contributed by atoms with van der Waals surface area (Å²) in [6.45, 7) is 4.06. The largest absolute Gasteiger partial charge is 0.351 e. The summed E-state index contributed by atoms with van der Waals surface area (Å²) in [7, 11) is 0. The van der Waals surface area contributed by atoms with Gasteiger partial charge >= 0.3 is 6.03 Å². The monoisotopic (exact) mass is 401 g/mol. The van der Waals surface area contributed by atoms with Gasteiger partial charge in [0.15, 0.2) is 0 Å². The van der Waals surface area contributed by atoms with Crippen molar-refractivity contribution in [2.24, 2.45) is 0 Å². The van der Waals surface area contributed by atoms with Gasteiger partial charge in [0.2, 0.25) is 0 Å². The Morgan fingerprint density at radius 2 is 1.92 bits per heavy atom. The molecule has 0 radical (unpaired) electrons. The molecular weight excluding hydrogens is 386 g/mol. The van der Waals surface area contributed by atoms with Gasteiger partial charge in [-0.3, -0.25) is 14.9 Å². The lowest BCUT2D eigenvalue weighted by Crippen LogP contribution is -2.54. The number of anilines is 1. The minimum atomic E-state index is -0.759. The molecule has 3 rings (SSSR count). The molecule has 1 N–H and O–H groups in total. The van der Waals surface area contributed by atoms with E-state index in [0.717, 1.165) is 14.9 Å². The van der Waals surface area contributed by atoms with Crippen LogP contribution in [-0.4, -0.2) is 22.4 Å². The number of hydrogen-bond acceptors (Lipinski definition) is 3. The Kier molecular flexibility index (Phi) is 4.59. The van der Waals surface area contributed by atoms with Crippen LogP contribution in [-0.2, 0) is 9.59 Å². The minimum Gasteiger partial charge on any atom is -0.351 e. The fraction of sp³-hybridized carbons (Fsp3) is 0.167. The predicted molar refractivity (Wildman–Crippen MR) is 98.0 cm³/mol. The Bertz CT molecular complexity index is 898. The van der Waals surface area contributed by atoms with Crippen LogP contribution in [0.15, 0.2) is 52.8 Å². The first-order valence-corrected chi connectivity index (χ1v) is 8.50. The van der Waals surface area contributed by atoms with E-state index in [1.165, 1.54) is 6.08 Å². The van der Waals surface area contributed by atoms with Crippen LogP contribution in [0.3, 0.4) is 0 Å². The summed E-state index contributed by atoms with van der Waals surface area (Å²) in [5, 5.41) is 2.21. The Morgan fingerprint density at radius 3 is 2.56 bits per heavy atom. The number of barbiturate groups is 1. The van der Waals surface area contributed by atoms with E-state index in [1.54, 1.807) is 24.3 Å². The summed E-state index contributed by atoms with van der Waals surface area (Å²) >= 11 is 3.31. The number of carbonyl (C=O) groups is 3. The second kappa shape index (κ2) is 6.68. The average Bonchev–Trinajstić information content (AvgIpc) is 3.00. The number of aromatic nitrogens is 1. The van der Waals surface area contributed by atoms with E-state index < -0.39 is 17.8 Å². The van der Waals surface area contributed by atoms with E-state index in [9.17, 15) is 14.4 Å². The standard InChI is InChI=1S/C18H16BrN3O3/c1-11(2)21-7-6-12(10-21)8-15-16(23)20-18(25)22(17(15)24)14-5-3-4-13(19)9-14/h3-11H,1-2H3,(H,20,23,25)/b15-8-. The summed E-state index contributed by atoms with van der Waals surface area (Å²) in [4.78, 5) is 38.0. The van der Waals surface area contributed by atoms with Crippen LogP contribution in [0.1, 0.15) is 25.5 Å². The number of nitrogens with one attached hydrogen (secondary N) is 1. The number of nitrogens with zero attached hydrogens (tertiary/aromatic N) is 2. The number of imide groups is 2. The lowest BCUT2D eigenvalue weighted by molar-refractivity contribution is -0.122. The molecule has 1 aliphatic rings. The number of rotatable bonds is 3. The molecule has 2 aromatic rings. The lowest BCUT2D eigenvalue weighted by Gasteiger charge is -2.26. The van der Waals surface area contributed by atoms with Gasteiger partial charge in [0.05, 0.1) is 5.69 Å². The van der Waals surface area contributed by atoms with Gasteiger partial charge in [0.25, 0.3) is 11.8 Å². The van der Waals surface area contributed by atoms with E-state index >= 15 is 0 Å². The average molecular weight is 402 g/mol. The molecule has 0 spiro atoms. The van der Waals surface area contributed by atoms with E-state index in [2.05, 4.69) is 21.2 Å². The smallest absolute Gasteiger partial charge is 0.335 e. The first-order chi connectivity index (χ1) is 11.9. The maximum atomic E-state index is 12.8. The molecule has 0 unspecified atom stereocenters. The Balaban J connectivity index is 1.99. The molecule has 25 heavy (non-hydrogen) atoms. The molecule has 4 amide bonds. The highest BCUT2D eigenvalue weighted by atomic mass is 79.9. The van der Waals surface area contributed by atoms with Crippen molar-refractivity contribution in [3.8, 4) is 0 Å². The maximum Gasteiger partial charge on any atom is 0.335 e. The van der Waals surface area contributed by atoms with E-state index in [1.807, 2.05) is 36.9 Å². The van der Waals surface area contributed by atoms with Crippen LogP contribution >= 0.6 is 15.9 Å². The molecule has 0 aliphatic carbocycles. The van der Waals surface area contributed by atoms with Crippen molar-refractivity contribution in [3.05, 3.63) is 58.3 Å². The van der Waals surface area contributed by atoms with Crippen LogP contribution in [0.2, 0.25) is 0 Å². The molecule has 1 aromatic carbocycles. The van der Waals surface area contributed by atoms with Gasteiger partial charge in [-0.1, -0.05) is 22.0 Å². The minimum absolute atomic E-state index is 0.0823. The zero-order valence-corrected chi connectivity index (χ0v) is 15.3. The van der Waals surface area contributed by atoms with Crippen molar-refractivity contribution in [1.82, 2.24) is 9.88 Å². The van der Waals surface area contributed by atoms with Crippen molar-refractivity contribution in [3.63, 3.8) is 0 Å². The van der Waals surface area contributed by atoms with Gasteiger partial charge in [0.1, 0.15) is 5.57 Å². The van der Waals surface area contributed by atoms with Crippen molar-refractivity contribution in [1.29, 1.82) is 0 Å². The molecule has 1 aromatic heterocycles. The Morgan fingerprint density at radius 1 is 1.16 bits per heavy atom. The Hall–Kier alpha value is -2.67. The van der Waals surface area contributed by atoms with Crippen LogP contribution in [0.4, 0.5) is 10.5 Å². The first kappa shape index (κ1) is 17.2. The highest BCUT2D eigenvalue weighted by Crippen LogP contribution is 2.24. The third-order valence-electron chi connectivity index (χ3n) is 3.81. The molecular formula is C18H16BrN3O3. The normalized spacial score (nSPS) is 16.7. The quantitative estimate of drug-likeness (QED) is 0.631. The van der Waals surface area contributed by atoms with E-state index in [0.29, 0.717) is 5.69 Å². The van der Waals surface area contributed by atoms with Gasteiger partial charge < -0.3 is 4.57 Å². The molecule has 1 saturated heterocycles. The van der Waals surface area contributed by atoms with E-state index in [-0.39, 0.29) is 11.6 Å². The number of amides is 4. The summed E-state index contributed by atoms with van der Waals surface area (Å²) in [6.07, 6.45) is 5.21. The number of halogens is 1. The predicted octanol–water partition coefficient (Wildman–Crippen LogP) is 3.50. The molecule has 1 aliphatic heterocycles. The van der Waals surface area contributed by atoms with Crippen LogP contribution < -0.4 is 10.2 Å². The zero-order chi connectivity index (χ0) is 18.1. The van der Waals surface area contributed by atoms with Crippen LogP contribution in [0.25, 0.3) is 6.08 Å². The molecule has 0 saturated carbocycles.